The lowest BCUT2D eigenvalue weighted by atomic mass is 9.95. The van der Waals surface area contributed by atoms with E-state index in [1.54, 1.807) is 7.11 Å². The predicted octanol–water partition coefficient (Wildman–Crippen LogP) is 8.57. The lowest BCUT2D eigenvalue weighted by Gasteiger charge is -2.25. The molecule has 0 saturated heterocycles. The summed E-state index contributed by atoms with van der Waals surface area (Å²) in [5.74, 6) is 0.836. The van der Waals surface area contributed by atoms with Gasteiger partial charge >= 0.3 is 0 Å². The number of anilines is 3. The molecule has 5 rings (SSSR count). The molecule has 180 valence electrons. The van der Waals surface area contributed by atoms with Crippen LogP contribution in [0.3, 0.4) is 0 Å². The highest BCUT2D eigenvalue weighted by Gasteiger charge is 2.12. The second-order valence-electron chi connectivity index (χ2n) is 8.62. The highest BCUT2D eigenvalue weighted by molar-refractivity contribution is 5.92. The highest BCUT2D eigenvalue weighted by atomic mass is 16.5. The molecule has 0 unspecified atom stereocenters. The van der Waals surface area contributed by atoms with Crippen LogP contribution in [0.25, 0.3) is 11.6 Å². The van der Waals surface area contributed by atoms with Crippen molar-refractivity contribution < 1.29 is 9.53 Å². The molecule has 37 heavy (non-hydrogen) atoms. The summed E-state index contributed by atoms with van der Waals surface area (Å²) in [4.78, 5) is 13.3. The summed E-state index contributed by atoms with van der Waals surface area (Å²) in [6, 6.07) is 45.0. The van der Waals surface area contributed by atoms with Crippen LogP contribution >= 0.6 is 0 Å². The lowest BCUT2D eigenvalue weighted by molar-refractivity contribution is 0.112. The van der Waals surface area contributed by atoms with Gasteiger partial charge in [0.1, 0.15) is 12.0 Å². The van der Waals surface area contributed by atoms with E-state index in [2.05, 4.69) is 83.8 Å². The zero-order chi connectivity index (χ0) is 25.5. The third-order valence-electron chi connectivity index (χ3n) is 6.25. The van der Waals surface area contributed by atoms with Gasteiger partial charge in [0.2, 0.25) is 0 Å². The number of rotatable bonds is 8. The summed E-state index contributed by atoms with van der Waals surface area (Å²) < 4.78 is 5.35. The molecule has 0 heterocycles. The summed E-state index contributed by atoms with van der Waals surface area (Å²) in [6.45, 7) is 0. The number of carbonyl (C=O) groups is 1. The molecule has 0 bridgehead atoms. The topological polar surface area (TPSA) is 29.5 Å². The molecule has 0 fully saturated rings. The molecule has 0 aromatic heterocycles. The molecule has 0 saturated carbocycles. The number of hydrogen-bond donors (Lipinski definition) is 0. The van der Waals surface area contributed by atoms with Gasteiger partial charge in [0.15, 0.2) is 0 Å². The predicted molar refractivity (Wildman–Crippen MR) is 153 cm³/mol. The third-order valence-corrected chi connectivity index (χ3v) is 6.25. The van der Waals surface area contributed by atoms with Gasteiger partial charge in [-0.3, -0.25) is 4.79 Å². The molecule has 0 amide bonds. The van der Waals surface area contributed by atoms with E-state index < -0.39 is 0 Å². The minimum Gasteiger partial charge on any atom is -0.497 e. The molecule has 0 radical (unpaired) electrons. The SMILES string of the molecule is COc1ccc(/C(=C/c2ccc(N(c3ccccc3)c3ccc(C=O)cc3)cc2)c2ccccc2)cc1. The van der Waals surface area contributed by atoms with E-state index in [0.717, 1.165) is 51.4 Å². The smallest absolute Gasteiger partial charge is 0.150 e. The number of methoxy groups -OCH3 is 1. The number of hydrogen-bond acceptors (Lipinski definition) is 3. The quantitative estimate of drug-likeness (QED) is 0.164. The van der Waals surface area contributed by atoms with Crippen LogP contribution in [0.15, 0.2) is 133 Å². The van der Waals surface area contributed by atoms with Gasteiger partial charge in [-0.15, -0.1) is 0 Å². The molecular formula is C34H27NO2. The summed E-state index contributed by atoms with van der Waals surface area (Å²) in [5, 5.41) is 0. The first-order valence-electron chi connectivity index (χ1n) is 12.2. The Hall–Kier alpha value is -4.89. The minimum atomic E-state index is 0.657. The fraction of sp³-hybridized carbons (Fsp3) is 0.0294. The number of nitrogens with zero attached hydrogens (tertiary/aromatic N) is 1. The molecule has 3 heteroatoms. The monoisotopic (exact) mass is 481 g/mol. The molecule has 5 aromatic carbocycles. The van der Waals surface area contributed by atoms with Crippen LogP contribution in [0.2, 0.25) is 0 Å². The Labute approximate surface area is 217 Å². The van der Waals surface area contributed by atoms with Crippen LogP contribution in [0, 0.1) is 0 Å². The maximum Gasteiger partial charge on any atom is 0.150 e. The van der Waals surface area contributed by atoms with Crippen molar-refractivity contribution in [2.75, 3.05) is 12.0 Å². The first kappa shape index (κ1) is 23.8. The molecule has 0 spiro atoms. The Morgan fingerprint density at radius 1 is 0.568 bits per heavy atom. The molecule has 0 N–H and O–H groups in total. The first-order valence-corrected chi connectivity index (χ1v) is 12.2. The summed E-state index contributed by atoms with van der Waals surface area (Å²) in [5.41, 5.74) is 8.24. The van der Waals surface area contributed by atoms with Crippen molar-refractivity contribution in [1.82, 2.24) is 0 Å². The fourth-order valence-electron chi connectivity index (χ4n) is 4.33. The number of carbonyl (C=O) groups excluding carboxylic acids is 1. The maximum atomic E-state index is 11.2. The number of para-hydroxylation sites is 1. The van der Waals surface area contributed by atoms with Gasteiger partial charge in [-0.25, -0.2) is 0 Å². The molecule has 0 aliphatic carbocycles. The molecule has 5 aromatic rings. The third kappa shape index (κ3) is 5.52. The normalized spacial score (nSPS) is 11.1. The van der Waals surface area contributed by atoms with E-state index in [1.165, 1.54) is 0 Å². The Bertz CT molecular complexity index is 1470. The highest BCUT2D eigenvalue weighted by Crippen LogP contribution is 2.35. The van der Waals surface area contributed by atoms with Gasteiger partial charge in [-0.1, -0.05) is 72.8 Å². The Balaban J connectivity index is 1.53. The Morgan fingerprint density at radius 3 is 1.59 bits per heavy atom. The largest absolute Gasteiger partial charge is 0.497 e. The zero-order valence-corrected chi connectivity index (χ0v) is 20.6. The van der Waals surface area contributed by atoms with Crippen LogP contribution < -0.4 is 9.64 Å². The van der Waals surface area contributed by atoms with Crippen LogP contribution in [-0.4, -0.2) is 13.4 Å². The minimum absolute atomic E-state index is 0.657. The van der Waals surface area contributed by atoms with Gasteiger partial charge in [0.25, 0.3) is 0 Å². The van der Waals surface area contributed by atoms with E-state index in [4.69, 9.17) is 4.74 Å². The number of benzene rings is 5. The van der Waals surface area contributed by atoms with E-state index in [0.29, 0.717) is 5.56 Å². The van der Waals surface area contributed by atoms with Gasteiger partial charge in [-0.05, 0) is 89.0 Å². The van der Waals surface area contributed by atoms with Crippen molar-refractivity contribution >= 4 is 35.0 Å². The molecule has 3 nitrogen and oxygen atoms in total. The van der Waals surface area contributed by atoms with Crippen molar-refractivity contribution in [1.29, 1.82) is 0 Å². The second-order valence-corrected chi connectivity index (χ2v) is 8.62. The molecular weight excluding hydrogens is 454 g/mol. The van der Waals surface area contributed by atoms with E-state index in [-0.39, 0.29) is 0 Å². The van der Waals surface area contributed by atoms with Crippen molar-refractivity contribution in [3.8, 4) is 5.75 Å². The standard InChI is InChI=1S/C34H27NO2/c1-37-33-22-16-29(17-23-33)34(28-8-4-2-5-9-28)24-26-12-18-31(19-13-26)35(30-10-6-3-7-11-30)32-20-14-27(25-36)15-21-32/h2-25H,1H3/b34-24+. The van der Waals surface area contributed by atoms with Gasteiger partial charge in [0, 0.05) is 22.6 Å². The zero-order valence-electron chi connectivity index (χ0n) is 20.6. The first-order chi connectivity index (χ1) is 18.2. The average molecular weight is 482 g/mol. The molecule has 0 aliphatic rings. The fourth-order valence-corrected chi connectivity index (χ4v) is 4.33. The van der Waals surface area contributed by atoms with Crippen molar-refractivity contribution in [2.24, 2.45) is 0 Å². The Kier molecular flexibility index (Phi) is 7.24. The van der Waals surface area contributed by atoms with Gasteiger partial charge < -0.3 is 9.64 Å². The summed E-state index contributed by atoms with van der Waals surface area (Å²) in [7, 11) is 1.68. The molecule has 0 aliphatic heterocycles. The van der Waals surface area contributed by atoms with Gasteiger partial charge in [0.05, 0.1) is 7.11 Å². The van der Waals surface area contributed by atoms with Crippen LogP contribution in [0.5, 0.6) is 5.75 Å². The molecule has 0 atom stereocenters. The lowest BCUT2D eigenvalue weighted by Crippen LogP contribution is -2.09. The van der Waals surface area contributed by atoms with Crippen LogP contribution in [-0.2, 0) is 0 Å². The van der Waals surface area contributed by atoms with Gasteiger partial charge in [-0.2, -0.15) is 0 Å². The average Bonchev–Trinajstić information content (AvgIpc) is 2.98. The summed E-state index contributed by atoms with van der Waals surface area (Å²) in [6.07, 6.45) is 3.08. The van der Waals surface area contributed by atoms with E-state index in [1.807, 2.05) is 60.7 Å². The van der Waals surface area contributed by atoms with E-state index in [9.17, 15) is 4.79 Å². The van der Waals surface area contributed by atoms with Crippen molar-refractivity contribution in [3.63, 3.8) is 0 Å². The van der Waals surface area contributed by atoms with Crippen LogP contribution in [0.1, 0.15) is 27.0 Å². The maximum absolute atomic E-state index is 11.2. The van der Waals surface area contributed by atoms with Crippen molar-refractivity contribution in [3.05, 3.63) is 156 Å². The van der Waals surface area contributed by atoms with Crippen molar-refractivity contribution in [2.45, 2.75) is 0 Å². The van der Waals surface area contributed by atoms with Crippen LogP contribution in [0.4, 0.5) is 17.1 Å². The number of ether oxygens (including phenoxy) is 1. The number of aldehydes is 1. The summed E-state index contributed by atoms with van der Waals surface area (Å²) >= 11 is 0. The Morgan fingerprint density at radius 2 is 1.05 bits per heavy atom. The van der Waals surface area contributed by atoms with E-state index >= 15 is 0 Å². The second kappa shape index (κ2) is 11.2.